The van der Waals surface area contributed by atoms with Gasteiger partial charge in [-0.1, -0.05) is 24.3 Å². The first kappa shape index (κ1) is 11.1. The predicted molar refractivity (Wildman–Crippen MR) is 69.3 cm³/mol. The smallest absolute Gasteiger partial charge is 0.336 e. The molecule has 0 bridgehead atoms. The quantitative estimate of drug-likeness (QED) is 0.681. The van der Waals surface area contributed by atoms with E-state index >= 15 is 0 Å². The Kier molecular flexibility index (Phi) is 2.91. The highest BCUT2D eigenvalue weighted by atomic mass is 127. The Balaban J connectivity index is 2.81. The van der Waals surface area contributed by atoms with E-state index < -0.39 is 5.97 Å². The van der Waals surface area contributed by atoms with Crippen molar-refractivity contribution >= 4 is 43.1 Å². The van der Waals surface area contributed by atoms with E-state index in [1.54, 1.807) is 28.7 Å². The molecule has 0 saturated heterocycles. The van der Waals surface area contributed by atoms with Crippen LogP contribution in [0.2, 0.25) is 0 Å². The Morgan fingerprint density at radius 3 is 1.94 bits per heavy atom. The van der Waals surface area contributed by atoms with Crippen LogP contribution in [-0.2, 0) is 0 Å². The average Bonchev–Trinajstić information content (AvgIpc) is 2.27. The molecule has 0 unspecified atom stereocenters. The van der Waals surface area contributed by atoms with Crippen LogP contribution >= 0.6 is 22.6 Å². The summed E-state index contributed by atoms with van der Waals surface area (Å²) in [6.45, 7) is 0. The van der Waals surface area contributed by atoms with Gasteiger partial charge in [-0.05, 0) is 22.9 Å². The molecule has 0 fully saturated rings. The van der Waals surface area contributed by atoms with E-state index in [-0.39, 0.29) is 14.9 Å². The predicted octanol–water partition coefficient (Wildman–Crippen LogP) is 3.11. The fourth-order valence-electron chi connectivity index (χ4n) is 1.58. The van der Waals surface area contributed by atoms with Crippen LogP contribution < -0.4 is 0 Å². The molecule has 0 heterocycles. The van der Waals surface area contributed by atoms with E-state index in [0.29, 0.717) is 0 Å². The van der Waals surface area contributed by atoms with Gasteiger partial charge in [0.05, 0.1) is 5.56 Å². The minimum atomic E-state index is -1.08. The monoisotopic (exact) mass is 326 g/mol. The molecule has 4 heteroatoms. The lowest BCUT2D eigenvalue weighted by Gasteiger charge is -2.04. The number of halogens is 1. The van der Waals surface area contributed by atoms with E-state index in [2.05, 4.69) is 0 Å². The Hall–Kier alpha value is -1.43. The molecule has 0 spiro atoms. The number of carbonyl (C=O) groups is 2. The number of hydrogen-bond acceptors (Lipinski definition) is 2. The summed E-state index contributed by atoms with van der Waals surface area (Å²) in [6, 6.07) is 10.5. The van der Waals surface area contributed by atoms with E-state index in [4.69, 9.17) is 5.11 Å². The van der Waals surface area contributed by atoms with Crippen LogP contribution in [-0.4, -0.2) is 14.9 Å². The third-order valence-corrected chi connectivity index (χ3v) is 2.91. The first-order chi connectivity index (χ1) is 7.59. The molecular weight excluding hydrogens is 319 g/mol. The molecule has 0 atom stereocenters. The maximum absolute atomic E-state index is 11.3. The molecule has 0 aromatic heterocycles. The standard InChI is InChI=1S/C12H7IO3/c13-11(14)9-5-7-3-1-2-4-8(7)6-10(9)12(15)16/h1-6H,(H,15,16). The van der Waals surface area contributed by atoms with Gasteiger partial charge in [0.25, 0.3) is 0 Å². The second-order valence-electron chi connectivity index (χ2n) is 3.32. The lowest BCUT2D eigenvalue weighted by molar-refractivity contribution is 0.0694. The van der Waals surface area contributed by atoms with Crippen LogP contribution in [0.1, 0.15) is 20.7 Å². The Morgan fingerprint density at radius 1 is 1.00 bits per heavy atom. The SMILES string of the molecule is O=C(O)c1cc2ccccc2cc1C(=O)I. The molecule has 0 saturated carbocycles. The van der Waals surface area contributed by atoms with Gasteiger partial charge in [0.2, 0.25) is 3.79 Å². The maximum atomic E-state index is 11.3. The molecule has 0 amide bonds. The molecule has 0 radical (unpaired) electrons. The summed E-state index contributed by atoms with van der Waals surface area (Å²) < 4.78 is -0.263. The number of benzene rings is 2. The van der Waals surface area contributed by atoms with Crippen molar-refractivity contribution in [2.24, 2.45) is 0 Å². The van der Waals surface area contributed by atoms with Crippen molar-refractivity contribution in [3.8, 4) is 0 Å². The highest BCUT2D eigenvalue weighted by Crippen LogP contribution is 2.22. The first-order valence-corrected chi connectivity index (χ1v) is 5.63. The number of carboxylic acids is 1. The molecule has 2 aromatic rings. The molecule has 3 nitrogen and oxygen atoms in total. The van der Waals surface area contributed by atoms with Gasteiger partial charge in [-0.15, -0.1) is 0 Å². The molecule has 2 aromatic carbocycles. The summed E-state index contributed by atoms with van der Waals surface area (Å²) in [5.74, 6) is -1.08. The fraction of sp³-hybridized carbons (Fsp3) is 0. The zero-order valence-electron chi connectivity index (χ0n) is 8.11. The third-order valence-electron chi connectivity index (χ3n) is 2.33. The number of hydrogen-bond donors (Lipinski definition) is 1. The van der Waals surface area contributed by atoms with Crippen molar-refractivity contribution in [2.75, 3.05) is 0 Å². The molecular formula is C12H7IO3. The van der Waals surface area contributed by atoms with Gasteiger partial charge in [0.1, 0.15) is 0 Å². The van der Waals surface area contributed by atoms with E-state index in [1.807, 2.05) is 24.3 Å². The van der Waals surface area contributed by atoms with E-state index in [9.17, 15) is 9.59 Å². The minimum absolute atomic E-state index is 0.0538. The van der Waals surface area contributed by atoms with Crippen molar-refractivity contribution in [1.29, 1.82) is 0 Å². The normalized spacial score (nSPS) is 10.3. The molecule has 1 N–H and O–H groups in total. The molecule has 80 valence electrons. The van der Waals surface area contributed by atoms with Gasteiger partial charge in [-0.3, -0.25) is 4.79 Å². The van der Waals surface area contributed by atoms with Crippen LogP contribution in [0.5, 0.6) is 0 Å². The number of fused-ring (bicyclic) bond motifs is 1. The Bertz CT molecular complexity index is 537. The molecule has 0 aliphatic heterocycles. The van der Waals surface area contributed by atoms with Gasteiger partial charge in [0, 0.05) is 28.2 Å². The summed E-state index contributed by atoms with van der Waals surface area (Å²) in [5.41, 5.74) is 0.296. The number of aromatic carboxylic acids is 1. The van der Waals surface area contributed by atoms with Crippen molar-refractivity contribution < 1.29 is 14.7 Å². The summed E-state index contributed by atoms with van der Waals surface area (Å²) in [5, 5.41) is 10.7. The highest BCUT2D eigenvalue weighted by molar-refractivity contribution is 14.1. The summed E-state index contributed by atoms with van der Waals surface area (Å²) >= 11 is 1.60. The van der Waals surface area contributed by atoms with Crippen molar-refractivity contribution in [2.45, 2.75) is 0 Å². The summed E-state index contributed by atoms with van der Waals surface area (Å²) in [7, 11) is 0. The molecule has 16 heavy (non-hydrogen) atoms. The zero-order valence-corrected chi connectivity index (χ0v) is 10.3. The highest BCUT2D eigenvalue weighted by Gasteiger charge is 2.15. The largest absolute Gasteiger partial charge is 0.478 e. The van der Waals surface area contributed by atoms with E-state index in [0.717, 1.165) is 10.8 Å². The lowest BCUT2D eigenvalue weighted by Crippen LogP contribution is -2.04. The van der Waals surface area contributed by atoms with Gasteiger partial charge in [-0.2, -0.15) is 0 Å². The lowest BCUT2D eigenvalue weighted by atomic mass is 10.0. The van der Waals surface area contributed by atoms with Crippen LogP contribution in [0.3, 0.4) is 0 Å². The molecule has 0 aliphatic carbocycles. The second kappa shape index (κ2) is 4.21. The second-order valence-corrected chi connectivity index (χ2v) is 4.30. The average molecular weight is 326 g/mol. The van der Waals surface area contributed by atoms with Gasteiger partial charge in [-0.25, -0.2) is 4.79 Å². The van der Waals surface area contributed by atoms with Crippen molar-refractivity contribution in [1.82, 2.24) is 0 Å². The fourth-order valence-corrected chi connectivity index (χ4v) is 2.03. The van der Waals surface area contributed by atoms with Crippen LogP contribution in [0, 0.1) is 0 Å². The zero-order chi connectivity index (χ0) is 11.7. The maximum Gasteiger partial charge on any atom is 0.336 e. The molecule has 0 aliphatic rings. The van der Waals surface area contributed by atoms with Crippen molar-refractivity contribution in [3.05, 3.63) is 47.5 Å². The minimum Gasteiger partial charge on any atom is -0.478 e. The Labute approximate surface area is 105 Å². The van der Waals surface area contributed by atoms with Crippen LogP contribution in [0.4, 0.5) is 0 Å². The third kappa shape index (κ3) is 1.92. The number of rotatable bonds is 2. The summed E-state index contributed by atoms with van der Waals surface area (Å²) in [6.07, 6.45) is 0. The van der Waals surface area contributed by atoms with E-state index in [1.165, 1.54) is 6.07 Å². The number of carboxylic acid groups (broad SMARTS) is 1. The van der Waals surface area contributed by atoms with Crippen LogP contribution in [0.25, 0.3) is 10.8 Å². The molecule has 2 rings (SSSR count). The van der Waals surface area contributed by atoms with Crippen molar-refractivity contribution in [3.63, 3.8) is 0 Å². The van der Waals surface area contributed by atoms with Gasteiger partial charge >= 0.3 is 5.97 Å². The van der Waals surface area contributed by atoms with Crippen LogP contribution in [0.15, 0.2) is 36.4 Å². The van der Waals surface area contributed by atoms with Gasteiger partial charge in [0.15, 0.2) is 0 Å². The topological polar surface area (TPSA) is 54.4 Å². The van der Waals surface area contributed by atoms with Gasteiger partial charge < -0.3 is 5.11 Å². The first-order valence-electron chi connectivity index (χ1n) is 4.55. The number of carbonyl (C=O) groups excluding carboxylic acids is 1. The summed E-state index contributed by atoms with van der Waals surface area (Å²) in [4.78, 5) is 22.4. The Morgan fingerprint density at radius 2 is 1.50 bits per heavy atom.